The van der Waals surface area contributed by atoms with Crippen molar-refractivity contribution in [2.75, 3.05) is 20.1 Å². The van der Waals surface area contributed by atoms with Gasteiger partial charge < -0.3 is 10.6 Å². The van der Waals surface area contributed by atoms with Gasteiger partial charge >= 0.3 is 0 Å². The van der Waals surface area contributed by atoms with Crippen molar-refractivity contribution in [2.24, 2.45) is 16.6 Å². The molecule has 2 N–H and O–H groups in total. The monoisotopic (exact) mass is 245 g/mol. The first-order valence-electron chi connectivity index (χ1n) is 6.78. The first-order chi connectivity index (χ1) is 8.75. The van der Waals surface area contributed by atoms with Crippen molar-refractivity contribution >= 4 is 5.84 Å². The Bertz CT molecular complexity index is 382. The zero-order chi connectivity index (χ0) is 12.8. The maximum absolute atomic E-state index is 5.86. The summed E-state index contributed by atoms with van der Waals surface area (Å²) in [5.74, 6) is 1.48. The average molecular weight is 245 g/mol. The molecule has 0 radical (unpaired) electrons. The van der Waals surface area contributed by atoms with Crippen LogP contribution in [0, 0.1) is 5.92 Å². The number of hydrogen-bond donors (Lipinski definition) is 1. The summed E-state index contributed by atoms with van der Waals surface area (Å²) in [5.41, 5.74) is 7.22. The van der Waals surface area contributed by atoms with Crippen LogP contribution in [0.15, 0.2) is 35.3 Å². The Morgan fingerprint density at radius 2 is 2.06 bits per heavy atom. The molecule has 1 aromatic rings. The minimum atomic E-state index is 0.604. The Morgan fingerprint density at radius 3 is 2.72 bits per heavy atom. The van der Waals surface area contributed by atoms with E-state index in [2.05, 4.69) is 47.3 Å². The summed E-state index contributed by atoms with van der Waals surface area (Å²) < 4.78 is 0. The van der Waals surface area contributed by atoms with E-state index in [1.807, 2.05) is 0 Å². The van der Waals surface area contributed by atoms with Crippen molar-refractivity contribution < 1.29 is 0 Å². The summed E-state index contributed by atoms with van der Waals surface area (Å²) in [4.78, 5) is 6.76. The third-order valence-corrected chi connectivity index (χ3v) is 3.28. The molecule has 0 saturated heterocycles. The van der Waals surface area contributed by atoms with E-state index in [0.717, 1.165) is 31.9 Å². The lowest BCUT2D eigenvalue weighted by Crippen LogP contribution is -2.20. The Hall–Kier alpha value is -1.35. The second kappa shape index (κ2) is 6.55. The zero-order valence-corrected chi connectivity index (χ0v) is 11.2. The van der Waals surface area contributed by atoms with Gasteiger partial charge in [-0.2, -0.15) is 0 Å². The second-order valence-corrected chi connectivity index (χ2v) is 5.16. The second-order valence-electron chi connectivity index (χ2n) is 5.16. The zero-order valence-electron chi connectivity index (χ0n) is 11.2. The van der Waals surface area contributed by atoms with E-state index in [-0.39, 0.29) is 0 Å². The molecular formula is C15H23N3. The van der Waals surface area contributed by atoms with Crippen LogP contribution in [-0.2, 0) is 6.54 Å². The highest BCUT2D eigenvalue weighted by Gasteiger charge is 2.24. The smallest absolute Gasteiger partial charge is 0.0968 e. The Balaban J connectivity index is 1.62. The van der Waals surface area contributed by atoms with Gasteiger partial charge in [0.25, 0.3) is 0 Å². The van der Waals surface area contributed by atoms with Gasteiger partial charge in [-0.1, -0.05) is 30.3 Å². The summed E-state index contributed by atoms with van der Waals surface area (Å²) in [5, 5.41) is 0. The number of aliphatic imine (C=N–C) groups is 1. The van der Waals surface area contributed by atoms with Crippen LogP contribution in [-0.4, -0.2) is 30.9 Å². The first kappa shape index (κ1) is 13.1. The SMILES string of the molecule is CN(CCCN=C(N)C1CC1)Cc1ccccc1. The van der Waals surface area contributed by atoms with Gasteiger partial charge in [0.05, 0.1) is 5.84 Å². The maximum atomic E-state index is 5.86. The van der Waals surface area contributed by atoms with Crippen LogP contribution in [0.3, 0.4) is 0 Å². The molecule has 0 atom stereocenters. The minimum Gasteiger partial charge on any atom is -0.387 e. The highest BCUT2D eigenvalue weighted by Crippen LogP contribution is 2.28. The minimum absolute atomic E-state index is 0.604. The van der Waals surface area contributed by atoms with Gasteiger partial charge in [0.1, 0.15) is 0 Å². The van der Waals surface area contributed by atoms with E-state index in [1.54, 1.807) is 0 Å². The number of rotatable bonds is 7. The lowest BCUT2D eigenvalue weighted by molar-refractivity contribution is 0.324. The molecule has 0 aliphatic heterocycles. The fourth-order valence-electron chi connectivity index (χ4n) is 2.03. The molecule has 3 heteroatoms. The molecule has 0 bridgehead atoms. The number of nitrogens with zero attached hydrogens (tertiary/aromatic N) is 2. The average Bonchev–Trinajstić information content (AvgIpc) is 3.20. The Morgan fingerprint density at radius 1 is 1.33 bits per heavy atom. The molecule has 1 aliphatic carbocycles. The van der Waals surface area contributed by atoms with Crippen LogP contribution in [0.2, 0.25) is 0 Å². The van der Waals surface area contributed by atoms with Gasteiger partial charge in [-0.25, -0.2) is 0 Å². The van der Waals surface area contributed by atoms with E-state index in [4.69, 9.17) is 5.73 Å². The van der Waals surface area contributed by atoms with Crippen molar-refractivity contribution in [3.63, 3.8) is 0 Å². The molecule has 1 aliphatic rings. The fraction of sp³-hybridized carbons (Fsp3) is 0.533. The molecule has 98 valence electrons. The summed E-state index contributed by atoms with van der Waals surface area (Å²) >= 11 is 0. The third-order valence-electron chi connectivity index (χ3n) is 3.28. The largest absolute Gasteiger partial charge is 0.387 e. The van der Waals surface area contributed by atoms with Gasteiger partial charge in [-0.15, -0.1) is 0 Å². The summed E-state index contributed by atoms with van der Waals surface area (Å²) in [6.07, 6.45) is 3.56. The fourth-order valence-corrected chi connectivity index (χ4v) is 2.03. The van der Waals surface area contributed by atoms with E-state index < -0.39 is 0 Å². The number of amidine groups is 1. The van der Waals surface area contributed by atoms with Crippen molar-refractivity contribution in [3.05, 3.63) is 35.9 Å². The quantitative estimate of drug-likeness (QED) is 0.455. The Labute approximate surface area is 110 Å². The molecule has 1 fully saturated rings. The molecule has 1 aromatic carbocycles. The molecule has 0 aromatic heterocycles. The van der Waals surface area contributed by atoms with Crippen LogP contribution in [0.4, 0.5) is 0 Å². The van der Waals surface area contributed by atoms with E-state index in [0.29, 0.717) is 5.92 Å². The molecule has 3 nitrogen and oxygen atoms in total. The van der Waals surface area contributed by atoms with Crippen LogP contribution in [0.5, 0.6) is 0 Å². The first-order valence-corrected chi connectivity index (χ1v) is 6.78. The molecule has 2 rings (SSSR count). The van der Waals surface area contributed by atoms with Gasteiger partial charge in [-0.3, -0.25) is 4.99 Å². The summed E-state index contributed by atoms with van der Waals surface area (Å²) in [6, 6.07) is 10.6. The van der Waals surface area contributed by atoms with Gasteiger partial charge in [-0.05, 0) is 38.4 Å². The maximum Gasteiger partial charge on any atom is 0.0968 e. The topological polar surface area (TPSA) is 41.6 Å². The Kier molecular flexibility index (Phi) is 4.76. The number of benzene rings is 1. The van der Waals surface area contributed by atoms with Crippen molar-refractivity contribution in [3.8, 4) is 0 Å². The highest BCUT2D eigenvalue weighted by molar-refractivity contribution is 5.84. The van der Waals surface area contributed by atoms with Gasteiger partial charge in [0.2, 0.25) is 0 Å². The van der Waals surface area contributed by atoms with Crippen molar-refractivity contribution in [2.45, 2.75) is 25.8 Å². The van der Waals surface area contributed by atoms with Crippen molar-refractivity contribution in [1.29, 1.82) is 0 Å². The van der Waals surface area contributed by atoms with Gasteiger partial charge in [0, 0.05) is 19.0 Å². The number of hydrogen-bond acceptors (Lipinski definition) is 2. The lowest BCUT2D eigenvalue weighted by Gasteiger charge is -2.15. The van der Waals surface area contributed by atoms with Crippen LogP contribution >= 0.6 is 0 Å². The summed E-state index contributed by atoms with van der Waals surface area (Å²) in [6.45, 7) is 2.93. The molecule has 0 heterocycles. The molecule has 0 spiro atoms. The van der Waals surface area contributed by atoms with E-state index in [9.17, 15) is 0 Å². The van der Waals surface area contributed by atoms with Crippen molar-refractivity contribution in [1.82, 2.24) is 4.90 Å². The molecule has 0 amide bonds. The van der Waals surface area contributed by atoms with E-state index >= 15 is 0 Å². The molecule has 1 saturated carbocycles. The third kappa shape index (κ3) is 4.49. The van der Waals surface area contributed by atoms with Crippen LogP contribution in [0.1, 0.15) is 24.8 Å². The van der Waals surface area contributed by atoms with Crippen LogP contribution in [0.25, 0.3) is 0 Å². The van der Waals surface area contributed by atoms with E-state index in [1.165, 1.54) is 18.4 Å². The predicted octanol–water partition coefficient (Wildman–Crippen LogP) is 2.28. The molecule has 18 heavy (non-hydrogen) atoms. The predicted molar refractivity (Wildman–Crippen MR) is 76.6 cm³/mol. The normalized spacial score (nSPS) is 16.2. The standard InChI is InChI=1S/C15H23N3/c1-18(12-13-6-3-2-4-7-13)11-5-10-17-15(16)14-8-9-14/h2-4,6-7,14H,5,8-12H2,1H3,(H2,16,17). The van der Waals surface area contributed by atoms with Gasteiger partial charge in [0.15, 0.2) is 0 Å². The summed E-state index contributed by atoms with van der Waals surface area (Å²) in [7, 11) is 2.15. The highest BCUT2D eigenvalue weighted by atomic mass is 15.1. The lowest BCUT2D eigenvalue weighted by atomic mass is 10.2. The molecule has 0 unspecified atom stereocenters. The van der Waals surface area contributed by atoms with Crippen LogP contribution < -0.4 is 5.73 Å². The number of nitrogens with two attached hydrogens (primary N) is 1. The molecular weight excluding hydrogens is 222 g/mol.